The molecule has 0 saturated carbocycles. The molecule has 5 heteroatoms. The van der Waals surface area contributed by atoms with E-state index >= 15 is 0 Å². The largest absolute Gasteiger partial charge is 0.479 e. The summed E-state index contributed by atoms with van der Waals surface area (Å²) in [6.45, 7) is 3.58. The van der Waals surface area contributed by atoms with Gasteiger partial charge in [-0.2, -0.15) is 5.26 Å². The van der Waals surface area contributed by atoms with E-state index < -0.39 is 5.60 Å². The fraction of sp³-hybridized carbons (Fsp3) is 0.467. The lowest BCUT2D eigenvalue weighted by molar-refractivity contribution is -0.131. The van der Waals surface area contributed by atoms with Gasteiger partial charge < -0.3 is 14.7 Å². The molecule has 0 bridgehead atoms. The number of likely N-dealkylation sites (N-methyl/N-ethyl adjacent to an activating group) is 1. The average Bonchev–Trinajstić information content (AvgIpc) is 2.34. The normalized spacial score (nSPS) is 10.8. The van der Waals surface area contributed by atoms with E-state index in [4.69, 9.17) is 10.00 Å². The van der Waals surface area contributed by atoms with Crippen LogP contribution in [0.2, 0.25) is 0 Å². The summed E-state index contributed by atoms with van der Waals surface area (Å²) in [5, 5.41) is 18.2. The molecule has 0 saturated heterocycles. The lowest BCUT2D eigenvalue weighted by atomic mass is 10.1. The number of amides is 1. The maximum atomic E-state index is 12.0. The van der Waals surface area contributed by atoms with Crippen LogP contribution in [0.3, 0.4) is 0 Å². The SMILES string of the molecule is CN(CC(C)(C)O)C(=O)Cc1cccc(OCC#N)c1. The van der Waals surface area contributed by atoms with E-state index in [1.165, 1.54) is 4.90 Å². The van der Waals surface area contributed by atoms with Crippen LogP contribution in [0.5, 0.6) is 5.75 Å². The van der Waals surface area contributed by atoms with Gasteiger partial charge in [0.1, 0.15) is 11.8 Å². The first-order valence-electron chi connectivity index (χ1n) is 6.37. The summed E-state index contributed by atoms with van der Waals surface area (Å²) in [6.07, 6.45) is 0.232. The summed E-state index contributed by atoms with van der Waals surface area (Å²) >= 11 is 0. The van der Waals surface area contributed by atoms with Crippen molar-refractivity contribution in [3.05, 3.63) is 29.8 Å². The highest BCUT2D eigenvalue weighted by Crippen LogP contribution is 2.14. The molecule has 0 atom stereocenters. The molecule has 0 heterocycles. The van der Waals surface area contributed by atoms with E-state index in [0.717, 1.165) is 5.56 Å². The van der Waals surface area contributed by atoms with Crippen molar-refractivity contribution in [3.8, 4) is 11.8 Å². The molecule has 1 aromatic rings. The molecule has 0 aliphatic rings. The first-order valence-corrected chi connectivity index (χ1v) is 6.37. The Morgan fingerprint density at radius 2 is 2.20 bits per heavy atom. The minimum absolute atomic E-state index is 0.0179. The Morgan fingerprint density at radius 3 is 2.80 bits per heavy atom. The zero-order chi connectivity index (χ0) is 15.2. The Morgan fingerprint density at radius 1 is 1.50 bits per heavy atom. The molecule has 1 aromatic carbocycles. The van der Waals surface area contributed by atoms with Gasteiger partial charge in [0, 0.05) is 13.6 Å². The zero-order valence-corrected chi connectivity index (χ0v) is 12.1. The van der Waals surface area contributed by atoms with Gasteiger partial charge in [0.25, 0.3) is 0 Å². The third kappa shape index (κ3) is 5.72. The smallest absolute Gasteiger partial charge is 0.226 e. The summed E-state index contributed by atoms with van der Waals surface area (Å²) in [7, 11) is 1.66. The maximum absolute atomic E-state index is 12.0. The van der Waals surface area contributed by atoms with Gasteiger partial charge in [0.2, 0.25) is 5.91 Å². The minimum Gasteiger partial charge on any atom is -0.479 e. The quantitative estimate of drug-likeness (QED) is 0.851. The van der Waals surface area contributed by atoms with Crippen molar-refractivity contribution in [1.82, 2.24) is 4.90 Å². The van der Waals surface area contributed by atoms with Gasteiger partial charge in [0.05, 0.1) is 12.0 Å². The molecular weight excluding hydrogens is 256 g/mol. The molecule has 108 valence electrons. The van der Waals surface area contributed by atoms with Crippen LogP contribution in [0, 0.1) is 11.3 Å². The van der Waals surface area contributed by atoms with E-state index in [9.17, 15) is 9.90 Å². The van der Waals surface area contributed by atoms with E-state index in [1.54, 1.807) is 39.1 Å². The summed E-state index contributed by atoms with van der Waals surface area (Å²) < 4.78 is 5.19. The van der Waals surface area contributed by atoms with Crippen LogP contribution in [-0.4, -0.2) is 41.7 Å². The van der Waals surface area contributed by atoms with Gasteiger partial charge in [0.15, 0.2) is 6.61 Å². The minimum atomic E-state index is -0.915. The second kappa shape index (κ2) is 6.92. The monoisotopic (exact) mass is 276 g/mol. The second-order valence-electron chi connectivity index (χ2n) is 5.33. The Kier molecular flexibility index (Phi) is 5.53. The number of benzene rings is 1. The van der Waals surface area contributed by atoms with E-state index in [-0.39, 0.29) is 25.5 Å². The predicted molar refractivity (Wildman–Crippen MR) is 75.2 cm³/mol. The van der Waals surface area contributed by atoms with Crippen molar-refractivity contribution in [2.75, 3.05) is 20.2 Å². The number of hydrogen-bond donors (Lipinski definition) is 1. The number of carbonyl (C=O) groups is 1. The van der Waals surface area contributed by atoms with E-state index in [2.05, 4.69) is 0 Å². The lowest BCUT2D eigenvalue weighted by Crippen LogP contribution is -2.40. The molecule has 20 heavy (non-hydrogen) atoms. The van der Waals surface area contributed by atoms with Crippen molar-refractivity contribution in [1.29, 1.82) is 5.26 Å². The molecule has 1 N–H and O–H groups in total. The third-order valence-corrected chi connectivity index (χ3v) is 2.61. The summed E-state index contributed by atoms with van der Waals surface area (Å²) in [4.78, 5) is 13.5. The second-order valence-corrected chi connectivity index (χ2v) is 5.33. The van der Waals surface area contributed by atoms with Crippen LogP contribution in [0.25, 0.3) is 0 Å². The van der Waals surface area contributed by atoms with Crippen LogP contribution in [0.15, 0.2) is 24.3 Å². The molecule has 0 aliphatic carbocycles. The molecule has 0 aliphatic heterocycles. The summed E-state index contributed by atoms with van der Waals surface area (Å²) in [6, 6.07) is 8.99. The van der Waals surface area contributed by atoms with Crippen LogP contribution in [0.4, 0.5) is 0 Å². The Balaban J connectivity index is 2.64. The fourth-order valence-electron chi connectivity index (χ4n) is 1.84. The standard InChI is InChI=1S/C15H20N2O3/c1-15(2,19)11-17(3)14(18)10-12-5-4-6-13(9-12)20-8-7-16/h4-6,9,19H,8,10-11H2,1-3H3. The predicted octanol–water partition coefficient (Wildman–Crippen LogP) is 1.36. The van der Waals surface area contributed by atoms with E-state index in [0.29, 0.717) is 5.75 Å². The van der Waals surface area contributed by atoms with Crippen molar-refractivity contribution >= 4 is 5.91 Å². The van der Waals surface area contributed by atoms with Gasteiger partial charge in [-0.05, 0) is 31.5 Å². The number of ether oxygens (including phenoxy) is 1. The van der Waals surface area contributed by atoms with Gasteiger partial charge >= 0.3 is 0 Å². The molecule has 0 fully saturated rings. The number of nitriles is 1. The topological polar surface area (TPSA) is 73.6 Å². The third-order valence-electron chi connectivity index (χ3n) is 2.61. The van der Waals surface area contributed by atoms with Crippen molar-refractivity contribution in [2.24, 2.45) is 0 Å². The Hall–Kier alpha value is -2.06. The molecular formula is C15H20N2O3. The molecule has 1 rings (SSSR count). The number of hydrogen-bond acceptors (Lipinski definition) is 4. The highest BCUT2D eigenvalue weighted by Gasteiger charge is 2.19. The van der Waals surface area contributed by atoms with Crippen molar-refractivity contribution < 1.29 is 14.6 Å². The maximum Gasteiger partial charge on any atom is 0.226 e. The summed E-state index contributed by atoms with van der Waals surface area (Å²) in [5.41, 5.74) is -0.102. The molecule has 0 unspecified atom stereocenters. The van der Waals surface area contributed by atoms with Crippen LogP contribution < -0.4 is 4.74 Å². The number of rotatable bonds is 6. The molecule has 0 aromatic heterocycles. The van der Waals surface area contributed by atoms with Crippen LogP contribution in [0.1, 0.15) is 19.4 Å². The van der Waals surface area contributed by atoms with Gasteiger partial charge in [-0.3, -0.25) is 4.79 Å². The lowest BCUT2D eigenvalue weighted by Gasteiger charge is -2.25. The molecule has 5 nitrogen and oxygen atoms in total. The number of aliphatic hydroxyl groups is 1. The molecule has 0 radical (unpaired) electrons. The van der Waals surface area contributed by atoms with Crippen molar-refractivity contribution in [3.63, 3.8) is 0 Å². The van der Waals surface area contributed by atoms with E-state index in [1.807, 2.05) is 12.1 Å². The average molecular weight is 276 g/mol. The van der Waals surface area contributed by atoms with Gasteiger partial charge in [-0.25, -0.2) is 0 Å². The Labute approximate surface area is 119 Å². The first-order chi connectivity index (χ1) is 9.31. The summed E-state index contributed by atoms with van der Waals surface area (Å²) in [5.74, 6) is 0.492. The fourth-order valence-corrected chi connectivity index (χ4v) is 1.84. The zero-order valence-electron chi connectivity index (χ0n) is 12.1. The molecule has 1 amide bonds. The number of carbonyl (C=O) groups excluding carboxylic acids is 1. The first kappa shape index (κ1) is 16.0. The molecule has 0 spiro atoms. The van der Waals surface area contributed by atoms with Crippen LogP contribution in [-0.2, 0) is 11.2 Å². The van der Waals surface area contributed by atoms with Gasteiger partial charge in [-0.1, -0.05) is 12.1 Å². The van der Waals surface area contributed by atoms with Crippen LogP contribution >= 0.6 is 0 Å². The number of nitrogens with zero attached hydrogens (tertiary/aromatic N) is 2. The highest BCUT2D eigenvalue weighted by molar-refractivity contribution is 5.78. The highest BCUT2D eigenvalue weighted by atomic mass is 16.5. The van der Waals surface area contributed by atoms with Crippen molar-refractivity contribution in [2.45, 2.75) is 25.9 Å². The van der Waals surface area contributed by atoms with Gasteiger partial charge in [-0.15, -0.1) is 0 Å². The Bertz CT molecular complexity index is 501.